The van der Waals surface area contributed by atoms with Crippen LogP contribution in [0, 0.1) is 5.92 Å². The number of hydrogen-bond donors (Lipinski definition) is 2. The summed E-state index contributed by atoms with van der Waals surface area (Å²) in [5.41, 5.74) is 5.43. The van der Waals surface area contributed by atoms with Crippen molar-refractivity contribution in [1.82, 2.24) is 20.2 Å². The number of hydrogen-bond acceptors (Lipinski definition) is 7. The Kier molecular flexibility index (Phi) is 6.76. The van der Waals surface area contributed by atoms with Crippen molar-refractivity contribution >= 4 is 22.7 Å². The van der Waals surface area contributed by atoms with Crippen molar-refractivity contribution in [3.8, 4) is 17.2 Å². The van der Waals surface area contributed by atoms with Gasteiger partial charge in [0.2, 0.25) is 11.8 Å². The second-order valence-electron chi connectivity index (χ2n) is 9.74. The maximum absolute atomic E-state index is 13.6. The Labute approximate surface area is 216 Å². The third-order valence-electron chi connectivity index (χ3n) is 6.93. The van der Waals surface area contributed by atoms with Crippen LogP contribution in [0.3, 0.4) is 0 Å². The molecule has 2 fully saturated rings. The summed E-state index contributed by atoms with van der Waals surface area (Å²) in [7, 11) is 1.34. The first-order valence-corrected chi connectivity index (χ1v) is 12.5. The van der Waals surface area contributed by atoms with E-state index in [-0.39, 0.29) is 52.4 Å². The number of halogens is 3. The molecule has 1 aliphatic carbocycles. The van der Waals surface area contributed by atoms with E-state index in [4.69, 9.17) is 14.9 Å². The van der Waals surface area contributed by atoms with Gasteiger partial charge in [0, 0.05) is 36.0 Å². The Bertz CT molecular complexity index is 1380. The van der Waals surface area contributed by atoms with Gasteiger partial charge in [0.05, 0.1) is 13.2 Å². The molecule has 0 unspecified atom stereocenters. The van der Waals surface area contributed by atoms with Gasteiger partial charge in [-0.05, 0) is 56.9 Å². The molecule has 5 rings (SSSR count). The summed E-state index contributed by atoms with van der Waals surface area (Å²) in [5, 5.41) is 3.25. The number of pyridine rings is 1. The molecular weight excluding hydrogens is 503 g/mol. The summed E-state index contributed by atoms with van der Waals surface area (Å²) < 4.78 is 51.1. The van der Waals surface area contributed by atoms with E-state index in [0.717, 1.165) is 31.7 Å². The fourth-order valence-corrected chi connectivity index (χ4v) is 4.77. The van der Waals surface area contributed by atoms with Crippen LogP contribution in [0.15, 0.2) is 28.7 Å². The van der Waals surface area contributed by atoms with E-state index in [9.17, 15) is 22.8 Å². The zero-order valence-electron chi connectivity index (χ0n) is 21.0. The van der Waals surface area contributed by atoms with Crippen LogP contribution in [-0.4, -0.2) is 52.9 Å². The number of carbonyl (C=O) groups is 2. The Morgan fingerprint density at radius 2 is 1.97 bits per heavy atom. The molecule has 3 N–H and O–H groups in total. The zero-order valence-corrected chi connectivity index (χ0v) is 21.0. The fraction of sp³-hybridized carbons (Fsp3) is 0.462. The van der Waals surface area contributed by atoms with Gasteiger partial charge in [-0.1, -0.05) is 0 Å². The van der Waals surface area contributed by atoms with Gasteiger partial charge < -0.3 is 25.1 Å². The maximum atomic E-state index is 13.6. The van der Waals surface area contributed by atoms with Crippen molar-refractivity contribution in [2.45, 2.75) is 50.9 Å². The minimum absolute atomic E-state index is 0.0120. The van der Waals surface area contributed by atoms with Gasteiger partial charge in [0.1, 0.15) is 17.0 Å². The zero-order chi connectivity index (χ0) is 27.2. The summed E-state index contributed by atoms with van der Waals surface area (Å²) in [6.07, 6.45) is -1.32. The first-order chi connectivity index (χ1) is 18.1. The van der Waals surface area contributed by atoms with Crippen LogP contribution < -0.4 is 15.8 Å². The minimum Gasteiger partial charge on any atom is -0.494 e. The number of alkyl halides is 3. The number of aromatic nitrogens is 2. The lowest BCUT2D eigenvalue weighted by Crippen LogP contribution is -2.44. The second-order valence-corrected chi connectivity index (χ2v) is 9.74. The van der Waals surface area contributed by atoms with E-state index in [2.05, 4.69) is 15.3 Å². The molecule has 2 aromatic heterocycles. The van der Waals surface area contributed by atoms with Crippen LogP contribution in [-0.2, 0) is 11.0 Å². The molecule has 1 aromatic carbocycles. The molecule has 3 heterocycles. The Hall–Kier alpha value is -3.67. The van der Waals surface area contributed by atoms with Gasteiger partial charge in [-0.15, -0.1) is 0 Å². The van der Waals surface area contributed by atoms with Crippen molar-refractivity contribution in [2.75, 3.05) is 20.2 Å². The molecule has 0 spiro atoms. The van der Waals surface area contributed by atoms with Crippen LogP contribution in [0.4, 0.5) is 13.2 Å². The molecule has 3 aromatic rings. The van der Waals surface area contributed by atoms with Crippen LogP contribution in [0.5, 0.6) is 5.75 Å². The first-order valence-electron chi connectivity index (χ1n) is 12.5. The summed E-state index contributed by atoms with van der Waals surface area (Å²) in [6, 6.07) is 4.36. The molecule has 38 heavy (non-hydrogen) atoms. The van der Waals surface area contributed by atoms with Crippen LogP contribution >= 0.6 is 0 Å². The van der Waals surface area contributed by atoms with Gasteiger partial charge in [0.25, 0.3) is 5.91 Å². The van der Waals surface area contributed by atoms with E-state index in [1.165, 1.54) is 19.2 Å². The van der Waals surface area contributed by atoms with Crippen molar-refractivity contribution in [3.63, 3.8) is 0 Å². The molecule has 0 bridgehead atoms. The monoisotopic (exact) mass is 531 g/mol. The predicted molar refractivity (Wildman–Crippen MR) is 131 cm³/mol. The van der Waals surface area contributed by atoms with E-state index in [1.807, 2.05) is 0 Å². The normalized spacial score (nSPS) is 18.6. The number of oxazole rings is 1. The van der Waals surface area contributed by atoms with E-state index < -0.39 is 17.9 Å². The fourth-order valence-electron chi connectivity index (χ4n) is 4.77. The SMILES string of the molecule is COc1ccc(-c2nc(C(=O)N3CCC[C@H]3CNC(=O)C3CC3)c([C@H](C)N)o2)c2ccc(C(F)(F)F)nc12. The lowest BCUT2D eigenvalue weighted by Gasteiger charge is -2.24. The molecule has 1 saturated carbocycles. The maximum Gasteiger partial charge on any atom is 0.433 e. The Balaban J connectivity index is 1.49. The van der Waals surface area contributed by atoms with E-state index in [1.54, 1.807) is 17.9 Å². The topological polar surface area (TPSA) is 124 Å². The average molecular weight is 532 g/mol. The predicted octanol–water partition coefficient (Wildman–Crippen LogP) is 4.07. The first kappa shape index (κ1) is 26.0. The lowest BCUT2D eigenvalue weighted by molar-refractivity contribution is -0.141. The summed E-state index contributed by atoms with van der Waals surface area (Å²) in [5.74, 6) is 0.0699. The smallest absolute Gasteiger partial charge is 0.433 e. The summed E-state index contributed by atoms with van der Waals surface area (Å²) in [6.45, 7) is 2.51. The molecule has 2 amide bonds. The number of carbonyl (C=O) groups excluding carboxylic acids is 2. The van der Waals surface area contributed by atoms with Crippen LogP contribution in [0.1, 0.15) is 60.6 Å². The van der Waals surface area contributed by atoms with Crippen molar-refractivity contribution in [1.29, 1.82) is 0 Å². The summed E-state index contributed by atoms with van der Waals surface area (Å²) >= 11 is 0. The van der Waals surface area contributed by atoms with Gasteiger partial charge in [-0.2, -0.15) is 13.2 Å². The molecular formula is C26H28F3N5O4. The molecule has 2 aliphatic rings. The largest absolute Gasteiger partial charge is 0.494 e. The Morgan fingerprint density at radius 1 is 1.21 bits per heavy atom. The number of nitrogens with two attached hydrogens (primary N) is 1. The molecule has 1 aliphatic heterocycles. The highest BCUT2D eigenvalue weighted by molar-refractivity contribution is 5.98. The average Bonchev–Trinajstić information content (AvgIpc) is 3.47. The number of ether oxygens (including phenoxy) is 1. The highest BCUT2D eigenvalue weighted by Crippen LogP contribution is 2.38. The van der Waals surface area contributed by atoms with Crippen LogP contribution in [0.25, 0.3) is 22.4 Å². The van der Waals surface area contributed by atoms with Gasteiger partial charge >= 0.3 is 6.18 Å². The molecule has 1 saturated heterocycles. The Morgan fingerprint density at radius 3 is 2.63 bits per heavy atom. The number of methoxy groups -OCH3 is 1. The molecule has 12 heteroatoms. The number of rotatable bonds is 7. The van der Waals surface area contributed by atoms with E-state index in [0.29, 0.717) is 24.0 Å². The standard InChI is InChI=1S/C26H28F3N5O4/c1-13(30)22-21(25(36)34-11-3-4-15(34)12-31-23(35)14-5-6-14)33-24(38-22)17-7-9-18(37-2)20-16(17)8-10-19(32-20)26(27,28)29/h7-10,13-15H,3-6,11-12,30H2,1-2H3,(H,31,35)/t13-,15-/m0/s1. The number of fused-ring (bicyclic) bond motifs is 1. The highest BCUT2D eigenvalue weighted by Gasteiger charge is 2.36. The number of likely N-dealkylation sites (tertiary alicyclic amines) is 1. The highest BCUT2D eigenvalue weighted by atomic mass is 19.4. The van der Waals surface area contributed by atoms with Gasteiger partial charge in [-0.25, -0.2) is 9.97 Å². The third kappa shape index (κ3) is 4.92. The number of amides is 2. The summed E-state index contributed by atoms with van der Waals surface area (Å²) in [4.78, 5) is 35.6. The quantitative estimate of drug-likeness (QED) is 0.471. The van der Waals surface area contributed by atoms with E-state index >= 15 is 0 Å². The third-order valence-corrected chi connectivity index (χ3v) is 6.93. The van der Waals surface area contributed by atoms with Crippen LogP contribution in [0.2, 0.25) is 0 Å². The van der Waals surface area contributed by atoms with Gasteiger partial charge in [-0.3, -0.25) is 9.59 Å². The number of benzene rings is 1. The second kappa shape index (κ2) is 9.90. The van der Waals surface area contributed by atoms with Crippen molar-refractivity contribution in [3.05, 3.63) is 41.4 Å². The van der Waals surface area contributed by atoms with Crippen molar-refractivity contribution in [2.24, 2.45) is 11.7 Å². The molecule has 0 radical (unpaired) electrons. The molecule has 9 nitrogen and oxygen atoms in total. The number of nitrogens with one attached hydrogen (secondary N) is 1. The molecule has 2 atom stereocenters. The van der Waals surface area contributed by atoms with Crippen molar-refractivity contribution < 1.29 is 31.9 Å². The molecule has 202 valence electrons. The lowest BCUT2D eigenvalue weighted by atomic mass is 10.1. The minimum atomic E-state index is -4.63. The van der Waals surface area contributed by atoms with Gasteiger partial charge in [0.15, 0.2) is 11.5 Å². The number of nitrogens with zero attached hydrogens (tertiary/aromatic N) is 3.